The molecule has 1 saturated heterocycles. The van der Waals surface area contributed by atoms with Crippen LogP contribution in [-0.2, 0) is 23.1 Å². The number of nitrogens with one attached hydrogen (secondary N) is 1. The van der Waals surface area contributed by atoms with Gasteiger partial charge >= 0.3 is 6.03 Å². The first kappa shape index (κ1) is 22.3. The van der Waals surface area contributed by atoms with E-state index in [4.69, 9.17) is 4.42 Å². The lowest BCUT2D eigenvalue weighted by atomic mass is 10.2. The highest BCUT2D eigenvalue weighted by Crippen LogP contribution is 2.17. The van der Waals surface area contributed by atoms with E-state index >= 15 is 0 Å². The Kier molecular flexibility index (Phi) is 7.17. The standard InChI is InChI=1S/C21H30N4O4S/c1-17(2)23(3)30(27,28)20-8-6-18(7-9-20)15-22-21(26)25-12-10-24(11-13-25)16-19-5-4-14-29-19/h4-9,14,17H,10-13,15-16H2,1-3H3,(H,22,26). The second-order valence-electron chi connectivity index (χ2n) is 7.76. The SMILES string of the molecule is CC(C)N(C)S(=O)(=O)c1ccc(CNC(=O)N2CCN(Cc3ccco3)CC2)cc1. The molecule has 164 valence electrons. The predicted octanol–water partition coefficient (Wildman–Crippen LogP) is 2.34. The fourth-order valence-corrected chi connectivity index (χ4v) is 4.61. The number of urea groups is 1. The summed E-state index contributed by atoms with van der Waals surface area (Å²) in [5, 5.41) is 2.92. The maximum absolute atomic E-state index is 12.5. The number of carbonyl (C=O) groups excluding carboxylic acids is 1. The summed E-state index contributed by atoms with van der Waals surface area (Å²) in [5.74, 6) is 0.929. The van der Waals surface area contributed by atoms with Crippen molar-refractivity contribution >= 4 is 16.1 Å². The van der Waals surface area contributed by atoms with E-state index in [2.05, 4.69) is 10.2 Å². The number of amides is 2. The van der Waals surface area contributed by atoms with Gasteiger partial charge in [-0.05, 0) is 43.7 Å². The number of hydrogen-bond donors (Lipinski definition) is 1. The van der Waals surface area contributed by atoms with E-state index < -0.39 is 10.0 Å². The Morgan fingerprint density at radius 3 is 2.37 bits per heavy atom. The summed E-state index contributed by atoms with van der Waals surface area (Å²) >= 11 is 0. The van der Waals surface area contributed by atoms with Gasteiger partial charge in [0.05, 0.1) is 17.7 Å². The summed E-state index contributed by atoms with van der Waals surface area (Å²) in [6, 6.07) is 10.3. The molecule has 9 heteroatoms. The summed E-state index contributed by atoms with van der Waals surface area (Å²) in [6.45, 7) is 7.68. The fraction of sp³-hybridized carbons (Fsp3) is 0.476. The fourth-order valence-electron chi connectivity index (χ4n) is 3.24. The van der Waals surface area contributed by atoms with Crippen LogP contribution in [0.2, 0.25) is 0 Å². The second kappa shape index (κ2) is 9.63. The highest BCUT2D eigenvalue weighted by Gasteiger charge is 2.23. The molecular weight excluding hydrogens is 404 g/mol. The predicted molar refractivity (Wildman–Crippen MR) is 114 cm³/mol. The van der Waals surface area contributed by atoms with Crippen LogP contribution < -0.4 is 5.32 Å². The van der Waals surface area contributed by atoms with Crippen LogP contribution in [0.4, 0.5) is 4.79 Å². The first-order valence-corrected chi connectivity index (χ1v) is 11.6. The van der Waals surface area contributed by atoms with Crippen LogP contribution in [0, 0.1) is 0 Å². The number of hydrogen-bond acceptors (Lipinski definition) is 5. The highest BCUT2D eigenvalue weighted by atomic mass is 32.2. The minimum absolute atomic E-state index is 0.108. The summed E-state index contributed by atoms with van der Waals surface area (Å²) in [7, 11) is -1.93. The van der Waals surface area contributed by atoms with Crippen molar-refractivity contribution < 1.29 is 17.6 Å². The topological polar surface area (TPSA) is 86.1 Å². The summed E-state index contributed by atoms with van der Waals surface area (Å²) in [5.41, 5.74) is 0.853. The number of benzene rings is 1. The molecule has 0 bridgehead atoms. The maximum Gasteiger partial charge on any atom is 0.317 e. The number of nitrogens with zero attached hydrogens (tertiary/aromatic N) is 3. The van der Waals surface area contributed by atoms with Gasteiger partial charge in [0.1, 0.15) is 5.76 Å². The monoisotopic (exact) mass is 434 g/mol. The Morgan fingerprint density at radius 2 is 1.80 bits per heavy atom. The molecule has 30 heavy (non-hydrogen) atoms. The normalized spacial score (nSPS) is 15.7. The van der Waals surface area contributed by atoms with Gasteiger partial charge < -0.3 is 14.6 Å². The molecule has 3 rings (SSSR count). The van der Waals surface area contributed by atoms with E-state index in [1.54, 1.807) is 42.5 Å². The van der Waals surface area contributed by atoms with Crippen LogP contribution in [0.3, 0.4) is 0 Å². The zero-order chi connectivity index (χ0) is 21.7. The molecule has 2 aromatic rings. The quantitative estimate of drug-likeness (QED) is 0.723. The van der Waals surface area contributed by atoms with Gasteiger partial charge in [-0.25, -0.2) is 13.2 Å². The lowest BCUT2D eigenvalue weighted by molar-refractivity contribution is 0.130. The van der Waals surface area contributed by atoms with Crippen molar-refractivity contribution in [3.8, 4) is 0 Å². The van der Waals surface area contributed by atoms with E-state index in [9.17, 15) is 13.2 Å². The second-order valence-corrected chi connectivity index (χ2v) is 9.76. The largest absolute Gasteiger partial charge is 0.468 e. The molecule has 8 nitrogen and oxygen atoms in total. The molecule has 0 saturated carbocycles. The third kappa shape index (κ3) is 5.41. The molecule has 1 N–H and O–H groups in total. The van der Waals surface area contributed by atoms with Gasteiger partial charge in [0, 0.05) is 45.8 Å². The van der Waals surface area contributed by atoms with Crippen LogP contribution in [0.25, 0.3) is 0 Å². The van der Waals surface area contributed by atoms with Gasteiger partial charge in [-0.2, -0.15) is 4.31 Å². The third-order valence-electron chi connectivity index (χ3n) is 5.39. The first-order chi connectivity index (χ1) is 14.3. The molecule has 0 atom stereocenters. The van der Waals surface area contributed by atoms with Gasteiger partial charge in [-0.15, -0.1) is 0 Å². The van der Waals surface area contributed by atoms with Gasteiger partial charge in [-0.3, -0.25) is 4.90 Å². The molecule has 1 aromatic carbocycles. The van der Waals surface area contributed by atoms with E-state index in [0.29, 0.717) is 19.6 Å². The van der Waals surface area contributed by atoms with Crippen molar-refractivity contribution in [1.82, 2.24) is 19.4 Å². The van der Waals surface area contributed by atoms with E-state index in [1.807, 2.05) is 26.0 Å². The molecule has 2 heterocycles. The van der Waals surface area contributed by atoms with Crippen molar-refractivity contribution in [2.24, 2.45) is 0 Å². The van der Waals surface area contributed by atoms with Crippen molar-refractivity contribution in [3.63, 3.8) is 0 Å². The molecule has 2 amide bonds. The lowest BCUT2D eigenvalue weighted by Crippen LogP contribution is -2.51. The average molecular weight is 435 g/mol. The average Bonchev–Trinajstić information content (AvgIpc) is 3.25. The molecule has 1 aliphatic rings. The zero-order valence-electron chi connectivity index (χ0n) is 17.7. The van der Waals surface area contributed by atoms with Gasteiger partial charge in [0.25, 0.3) is 0 Å². The molecular formula is C21H30N4O4S. The number of carbonyl (C=O) groups is 1. The summed E-state index contributed by atoms with van der Waals surface area (Å²) in [6.07, 6.45) is 1.67. The Hall–Kier alpha value is -2.36. The third-order valence-corrected chi connectivity index (χ3v) is 7.44. The van der Waals surface area contributed by atoms with Crippen molar-refractivity contribution in [1.29, 1.82) is 0 Å². The number of furan rings is 1. The number of piperazine rings is 1. The maximum atomic E-state index is 12.5. The summed E-state index contributed by atoms with van der Waals surface area (Å²) in [4.78, 5) is 16.8. The Labute approximate surface area is 178 Å². The van der Waals surface area contributed by atoms with E-state index in [-0.39, 0.29) is 17.0 Å². The van der Waals surface area contributed by atoms with Crippen LogP contribution in [0.15, 0.2) is 52.0 Å². The van der Waals surface area contributed by atoms with Crippen molar-refractivity contribution in [3.05, 3.63) is 54.0 Å². The number of sulfonamides is 1. The molecule has 0 spiro atoms. The Morgan fingerprint density at radius 1 is 1.13 bits per heavy atom. The van der Waals surface area contributed by atoms with Gasteiger partial charge in [0.15, 0.2) is 0 Å². The summed E-state index contributed by atoms with van der Waals surface area (Å²) < 4.78 is 31.8. The molecule has 0 unspecified atom stereocenters. The van der Waals surface area contributed by atoms with E-state index in [0.717, 1.165) is 31.0 Å². The Balaban J connectivity index is 1.47. The van der Waals surface area contributed by atoms with Gasteiger partial charge in [-0.1, -0.05) is 12.1 Å². The molecule has 0 aliphatic carbocycles. The molecule has 1 aromatic heterocycles. The number of rotatable bonds is 7. The van der Waals surface area contributed by atoms with Crippen molar-refractivity contribution in [2.75, 3.05) is 33.2 Å². The van der Waals surface area contributed by atoms with Crippen molar-refractivity contribution in [2.45, 2.75) is 37.9 Å². The lowest BCUT2D eigenvalue weighted by Gasteiger charge is -2.34. The smallest absolute Gasteiger partial charge is 0.317 e. The van der Waals surface area contributed by atoms with Crippen LogP contribution in [-0.4, -0.2) is 67.8 Å². The Bertz CT molecular complexity index is 918. The molecule has 1 aliphatic heterocycles. The minimum atomic E-state index is -3.50. The van der Waals surface area contributed by atoms with Crippen LogP contribution in [0.5, 0.6) is 0 Å². The molecule has 0 radical (unpaired) electrons. The molecule has 1 fully saturated rings. The van der Waals surface area contributed by atoms with Crippen LogP contribution in [0.1, 0.15) is 25.2 Å². The zero-order valence-corrected chi connectivity index (χ0v) is 18.6. The highest BCUT2D eigenvalue weighted by molar-refractivity contribution is 7.89. The van der Waals surface area contributed by atoms with Crippen LogP contribution >= 0.6 is 0 Å². The van der Waals surface area contributed by atoms with E-state index in [1.165, 1.54) is 4.31 Å². The minimum Gasteiger partial charge on any atom is -0.468 e. The van der Waals surface area contributed by atoms with Gasteiger partial charge in [0.2, 0.25) is 10.0 Å². The first-order valence-electron chi connectivity index (χ1n) is 10.1.